The van der Waals surface area contributed by atoms with Crippen molar-refractivity contribution in [3.8, 4) is 12.3 Å². The topological polar surface area (TPSA) is 48.3 Å². The minimum absolute atomic E-state index is 0.263. The molecule has 0 N–H and O–H groups in total. The third-order valence-electron chi connectivity index (χ3n) is 5.21. The van der Waals surface area contributed by atoms with Crippen LogP contribution in [0.15, 0.2) is 10.2 Å². The number of hydrogen-bond acceptors (Lipinski definition) is 4. The molecule has 1 unspecified atom stereocenters. The van der Waals surface area contributed by atoms with Gasteiger partial charge in [0.1, 0.15) is 0 Å². The maximum Gasteiger partial charge on any atom is 0.222 e. The van der Waals surface area contributed by atoms with E-state index in [4.69, 9.17) is 6.42 Å². The van der Waals surface area contributed by atoms with E-state index < -0.39 is 0 Å². The first-order chi connectivity index (χ1) is 10.1. The molecule has 5 nitrogen and oxygen atoms in total. The van der Waals surface area contributed by atoms with Crippen LogP contribution in [0.25, 0.3) is 0 Å². The Morgan fingerprint density at radius 3 is 2.62 bits per heavy atom. The number of rotatable bonds is 5. The number of nitrogens with zero attached hydrogens (tertiary/aromatic N) is 4. The Bertz CT molecular complexity index is 489. The number of carbonyl (C=O) groups excluding carboxylic acids is 1. The fraction of sp³-hybridized carbons (Fsp3) is 0.812. The summed E-state index contributed by atoms with van der Waals surface area (Å²) >= 11 is 0. The molecule has 3 aliphatic rings. The van der Waals surface area contributed by atoms with Crippen LogP contribution in [0.3, 0.4) is 0 Å². The van der Waals surface area contributed by atoms with E-state index >= 15 is 0 Å². The zero-order chi connectivity index (χ0) is 14.9. The summed E-state index contributed by atoms with van der Waals surface area (Å²) in [7, 11) is 2.17. The van der Waals surface area contributed by atoms with Crippen LogP contribution >= 0.6 is 0 Å². The van der Waals surface area contributed by atoms with Gasteiger partial charge in [-0.3, -0.25) is 4.79 Å². The monoisotopic (exact) mass is 288 g/mol. The Morgan fingerprint density at radius 1 is 1.24 bits per heavy atom. The molecule has 0 bridgehead atoms. The van der Waals surface area contributed by atoms with Gasteiger partial charge in [0.15, 0.2) is 5.66 Å². The summed E-state index contributed by atoms with van der Waals surface area (Å²) in [4.78, 5) is 16.8. The van der Waals surface area contributed by atoms with Crippen molar-refractivity contribution in [1.29, 1.82) is 0 Å². The summed E-state index contributed by atoms with van der Waals surface area (Å²) in [5.74, 6) is 2.89. The van der Waals surface area contributed by atoms with Gasteiger partial charge in [-0.2, -0.15) is 10.2 Å². The van der Waals surface area contributed by atoms with Crippen molar-refractivity contribution < 1.29 is 4.79 Å². The summed E-state index contributed by atoms with van der Waals surface area (Å²) in [6, 6.07) is 0. The van der Waals surface area contributed by atoms with Crippen LogP contribution in [-0.4, -0.2) is 54.6 Å². The van der Waals surface area contributed by atoms with E-state index in [1.807, 2.05) is 0 Å². The zero-order valence-electron chi connectivity index (χ0n) is 12.8. The summed E-state index contributed by atoms with van der Waals surface area (Å²) < 4.78 is 0. The first-order valence-corrected chi connectivity index (χ1v) is 7.90. The van der Waals surface area contributed by atoms with Gasteiger partial charge in [0.2, 0.25) is 5.91 Å². The van der Waals surface area contributed by atoms with Crippen LogP contribution in [0.1, 0.15) is 38.5 Å². The highest BCUT2D eigenvalue weighted by Crippen LogP contribution is 2.40. The van der Waals surface area contributed by atoms with Gasteiger partial charge in [-0.15, -0.1) is 12.3 Å². The first-order valence-electron chi connectivity index (χ1n) is 7.90. The lowest BCUT2D eigenvalue weighted by Gasteiger charge is -2.24. The van der Waals surface area contributed by atoms with Crippen molar-refractivity contribution in [1.82, 2.24) is 9.80 Å². The average Bonchev–Trinajstić information content (AvgIpc) is 2.98. The van der Waals surface area contributed by atoms with Crippen molar-refractivity contribution in [2.45, 2.75) is 44.2 Å². The maximum atomic E-state index is 12.4. The summed E-state index contributed by atoms with van der Waals surface area (Å²) in [5.41, 5.74) is 0.0346. The smallest absolute Gasteiger partial charge is 0.222 e. The van der Waals surface area contributed by atoms with Gasteiger partial charge in [0, 0.05) is 50.7 Å². The highest BCUT2D eigenvalue weighted by Gasteiger charge is 2.44. The maximum absolute atomic E-state index is 12.4. The lowest BCUT2D eigenvalue weighted by molar-refractivity contribution is -0.130. The van der Waals surface area contributed by atoms with Gasteiger partial charge >= 0.3 is 0 Å². The van der Waals surface area contributed by atoms with E-state index in [1.54, 1.807) is 0 Å². The second-order valence-corrected chi connectivity index (χ2v) is 6.94. The van der Waals surface area contributed by atoms with Crippen LogP contribution in [0.5, 0.6) is 0 Å². The van der Waals surface area contributed by atoms with Crippen LogP contribution in [-0.2, 0) is 4.79 Å². The third kappa shape index (κ3) is 3.11. The quantitative estimate of drug-likeness (QED) is 0.725. The fourth-order valence-corrected chi connectivity index (χ4v) is 3.77. The lowest BCUT2D eigenvalue weighted by Crippen LogP contribution is -2.34. The molecule has 5 heteroatoms. The van der Waals surface area contributed by atoms with Crippen LogP contribution in [0.4, 0.5) is 0 Å². The third-order valence-corrected chi connectivity index (χ3v) is 5.21. The van der Waals surface area contributed by atoms with E-state index in [0.29, 0.717) is 18.3 Å². The minimum atomic E-state index is -0.326. The standard InChI is InChI=1S/C16H24N4O/c1-3-4-6-16(17-18-16)7-5-14(21)20-11-9-15(13-20)8-10-19(2)12-15/h1H,4-13H2,2H3. The minimum Gasteiger partial charge on any atom is -0.342 e. The van der Waals surface area contributed by atoms with Crippen LogP contribution in [0, 0.1) is 17.8 Å². The molecule has 1 amide bonds. The molecule has 3 heterocycles. The molecule has 21 heavy (non-hydrogen) atoms. The number of amides is 1. The second kappa shape index (κ2) is 5.42. The molecule has 0 aliphatic carbocycles. The molecule has 2 saturated heterocycles. The first kappa shape index (κ1) is 14.5. The van der Waals surface area contributed by atoms with E-state index in [-0.39, 0.29) is 11.6 Å². The van der Waals surface area contributed by atoms with Gasteiger partial charge in [0.05, 0.1) is 0 Å². The molecular weight excluding hydrogens is 264 g/mol. The number of hydrogen-bond donors (Lipinski definition) is 0. The van der Waals surface area contributed by atoms with Crippen LogP contribution in [0.2, 0.25) is 0 Å². The molecule has 2 fully saturated rings. The molecule has 0 aromatic rings. The van der Waals surface area contributed by atoms with E-state index in [2.05, 4.69) is 33.0 Å². The number of likely N-dealkylation sites (tertiary alicyclic amines) is 2. The predicted molar refractivity (Wildman–Crippen MR) is 80.6 cm³/mol. The predicted octanol–water partition coefficient (Wildman–Crippen LogP) is 1.90. The highest BCUT2D eigenvalue weighted by molar-refractivity contribution is 5.76. The SMILES string of the molecule is C#CCCC1(CCC(=O)N2CCC3(CCN(C)C3)C2)N=N1. The number of carbonyl (C=O) groups is 1. The lowest BCUT2D eigenvalue weighted by atomic mass is 9.86. The van der Waals surface area contributed by atoms with Gasteiger partial charge in [0.25, 0.3) is 0 Å². The Hall–Kier alpha value is -1.41. The molecule has 0 aromatic carbocycles. The molecule has 114 valence electrons. The molecule has 3 rings (SSSR count). The average molecular weight is 288 g/mol. The van der Waals surface area contributed by atoms with Crippen molar-refractivity contribution in [3.63, 3.8) is 0 Å². The van der Waals surface area contributed by atoms with E-state index in [0.717, 1.165) is 45.4 Å². The largest absolute Gasteiger partial charge is 0.342 e. The second-order valence-electron chi connectivity index (χ2n) is 6.94. The molecule has 1 spiro atoms. The Morgan fingerprint density at radius 2 is 2.00 bits per heavy atom. The molecule has 0 radical (unpaired) electrons. The molecule has 0 aromatic heterocycles. The Balaban J connectivity index is 1.46. The normalized spacial score (nSPS) is 30.0. The Kier molecular flexibility index (Phi) is 3.75. The van der Waals surface area contributed by atoms with Crippen molar-refractivity contribution in [2.75, 3.05) is 33.2 Å². The van der Waals surface area contributed by atoms with Gasteiger partial charge < -0.3 is 9.80 Å². The summed E-state index contributed by atoms with van der Waals surface area (Å²) in [6.45, 7) is 4.14. The molecule has 1 atom stereocenters. The summed E-state index contributed by atoms with van der Waals surface area (Å²) in [5, 5.41) is 8.21. The van der Waals surface area contributed by atoms with Gasteiger partial charge in [-0.1, -0.05) is 0 Å². The van der Waals surface area contributed by atoms with Crippen molar-refractivity contribution >= 4 is 5.91 Å². The van der Waals surface area contributed by atoms with Crippen molar-refractivity contribution in [3.05, 3.63) is 0 Å². The van der Waals surface area contributed by atoms with Crippen LogP contribution < -0.4 is 0 Å². The van der Waals surface area contributed by atoms with Gasteiger partial charge in [-0.25, -0.2) is 0 Å². The number of terminal acetylenes is 1. The molecular formula is C16H24N4O. The van der Waals surface area contributed by atoms with E-state index in [1.165, 1.54) is 6.42 Å². The fourth-order valence-electron chi connectivity index (χ4n) is 3.77. The molecule has 3 aliphatic heterocycles. The van der Waals surface area contributed by atoms with Crippen molar-refractivity contribution in [2.24, 2.45) is 15.6 Å². The summed E-state index contributed by atoms with van der Waals surface area (Å²) in [6.07, 6.45) is 10.4. The van der Waals surface area contributed by atoms with E-state index in [9.17, 15) is 4.79 Å². The highest BCUT2D eigenvalue weighted by atomic mass is 16.2. The van der Waals surface area contributed by atoms with Gasteiger partial charge in [-0.05, 0) is 26.4 Å². The Labute approximate surface area is 126 Å². The molecule has 0 saturated carbocycles. The zero-order valence-corrected chi connectivity index (χ0v) is 12.8.